The van der Waals surface area contributed by atoms with Crippen LogP contribution in [0.15, 0.2) is 12.1 Å². The van der Waals surface area contributed by atoms with Gasteiger partial charge in [0.05, 0.1) is 0 Å². The smallest absolute Gasteiger partial charge is 0.264 e. The van der Waals surface area contributed by atoms with Gasteiger partial charge in [-0.1, -0.05) is 19.3 Å². The zero-order valence-electron chi connectivity index (χ0n) is 11.3. The zero-order valence-corrected chi connectivity index (χ0v) is 11.3. The molecule has 1 aromatic rings. The molecule has 1 fully saturated rings. The molecule has 0 amide bonds. The molecule has 1 aromatic carbocycles. The molecule has 0 spiro atoms. The van der Waals surface area contributed by atoms with Crippen LogP contribution in [0.3, 0.4) is 0 Å². The SMILES string of the molecule is NCC1(c2cc3c(cc2C(F)F)OCO3)CCCCC1. The Morgan fingerprint density at radius 2 is 1.75 bits per heavy atom. The Kier molecular flexibility index (Phi) is 3.54. The molecule has 5 heteroatoms. The third-order valence-corrected chi connectivity index (χ3v) is 4.55. The Morgan fingerprint density at radius 3 is 2.35 bits per heavy atom. The molecule has 0 unspecified atom stereocenters. The average Bonchev–Trinajstić information content (AvgIpc) is 2.94. The highest BCUT2D eigenvalue weighted by molar-refractivity contribution is 5.52. The maximum Gasteiger partial charge on any atom is 0.264 e. The van der Waals surface area contributed by atoms with E-state index in [-0.39, 0.29) is 17.8 Å². The van der Waals surface area contributed by atoms with Gasteiger partial charge < -0.3 is 15.2 Å². The van der Waals surface area contributed by atoms with E-state index >= 15 is 0 Å². The third-order valence-electron chi connectivity index (χ3n) is 4.55. The summed E-state index contributed by atoms with van der Waals surface area (Å²) in [6.45, 7) is 0.490. The molecule has 0 atom stereocenters. The first kappa shape index (κ1) is 13.6. The quantitative estimate of drug-likeness (QED) is 0.923. The molecule has 20 heavy (non-hydrogen) atoms. The lowest BCUT2D eigenvalue weighted by Crippen LogP contribution is -2.38. The lowest BCUT2D eigenvalue weighted by Gasteiger charge is -2.38. The minimum atomic E-state index is -2.52. The van der Waals surface area contributed by atoms with Gasteiger partial charge in [-0.25, -0.2) is 8.78 Å². The lowest BCUT2D eigenvalue weighted by atomic mass is 9.68. The van der Waals surface area contributed by atoms with Gasteiger partial charge in [0.25, 0.3) is 6.43 Å². The first-order chi connectivity index (χ1) is 9.66. The molecule has 2 aliphatic rings. The number of ether oxygens (including phenoxy) is 2. The normalized spacial score (nSPS) is 20.4. The molecule has 1 aliphatic carbocycles. The fraction of sp³-hybridized carbons (Fsp3) is 0.600. The number of nitrogens with two attached hydrogens (primary N) is 1. The molecule has 0 saturated heterocycles. The molecule has 1 heterocycles. The summed E-state index contributed by atoms with van der Waals surface area (Å²) in [5.74, 6) is 0.967. The minimum Gasteiger partial charge on any atom is -0.454 e. The highest BCUT2D eigenvalue weighted by Gasteiger charge is 2.37. The van der Waals surface area contributed by atoms with Crippen LogP contribution in [0.1, 0.15) is 49.7 Å². The number of hydrogen-bond donors (Lipinski definition) is 1. The molecule has 0 radical (unpaired) electrons. The molecule has 0 aromatic heterocycles. The Labute approximate surface area is 117 Å². The van der Waals surface area contributed by atoms with Gasteiger partial charge in [0.1, 0.15) is 0 Å². The van der Waals surface area contributed by atoms with Gasteiger partial charge in [-0.2, -0.15) is 0 Å². The van der Waals surface area contributed by atoms with E-state index in [1.54, 1.807) is 6.07 Å². The molecule has 110 valence electrons. The average molecular weight is 283 g/mol. The van der Waals surface area contributed by atoms with E-state index in [0.29, 0.717) is 23.6 Å². The molecule has 1 saturated carbocycles. The van der Waals surface area contributed by atoms with E-state index in [4.69, 9.17) is 15.2 Å². The summed E-state index contributed by atoms with van der Waals surface area (Å²) in [6.07, 6.45) is 2.43. The van der Waals surface area contributed by atoms with Gasteiger partial charge >= 0.3 is 0 Å². The second-order valence-electron chi connectivity index (χ2n) is 5.64. The standard InChI is InChI=1S/C15H19F2NO2/c16-14(17)10-6-12-13(20-9-19-12)7-11(10)15(8-18)4-2-1-3-5-15/h6-7,14H,1-5,8-9,18H2. The summed E-state index contributed by atoms with van der Waals surface area (Å²) >= 11 is 0. The van der Waals surface area contributed by atoms with E-state index in [9.17, 15) is 8.78 Å². The predicted molar refractivity (Wildman–Crippen MR) is 71.3 cm³/mol. The van der Waals surface area contributed by atoms with Crippen molar-refractivity contribution in [1.82, 2.24) is 0 Å². The number of alkyl halides is 2. The van der Waals surface area contributed by atoms with Gasteiger partial charge in [0.15, 0.2) is 11.5 Å². The van der Waals surface area contributed by atoms with Crippen molar-refractivity contribution >= 4 is 0 Å². The third kappa shape index (κ3) is 2.14. The number of benzene rings is 1. The number of rotatable bonds is 3. The predicted octanol–water partition coefficient (Wildman–Crippen LogP) is 3.51. The largest absolute Gasteiger partial charge is 0.454 e. The lowest BCUT2D eigenvalue weighted by molar-refractivity contribution is 0.145. The highest BCUT2D eigenvalue weighted by Crippen LogP contribution is 2.47. The van der Waals surface area contributed by atoms with E-state index in [1.165, 1.54) is 6.07 Å². The molecule has 2 N–H and O–H groups in total. The van der Waals surface area contributed by atoms with Crippen molar-refractivity contribution in [1.29, 1.82) is 0 Å². The number of halogens is 2. The van der Waals surface area contributed by atoms with Crippen molar-refractivity contribution in [3.63, 3.8) is 0 Å². The second kappa shape index (κ2) is 5.20. The summed E-state index contributed by atoms with van der Waals surface area (Å²) in [7, 11) is 0. The van der Waals surface area contributed by atoms with Crippen LogP contribution in [0, 0.1) is 0 Å². The van der Waals surface area contributed by atoms with Crippen molar-refractivity contribution in [2.24, 2.45) is 5.73 Å². The summed E-state index contributed by atoms with van der Waals surface area (Å²) < 4.78 is 37.4. The number of fused-ring (bicyclic) bond motifs is 1. The van der Waals surface area contributed by atoms with Crippen LogP contribution >= 0.6 is 0 Å². The van der Waals surface area contributed by atoms with Gasteiger partial charge in [0.2, 0.25) is 6.79 Å². The summed E-state index contributed by atoms with van der Waals surface area (Å²) in [5, 5.41) is 0. The van der Waals surface area contributed by atoms with Crippen LogP contribution in [-0.4, -0.2) is 13.3 Å². The topological polar surface area (TPSA) is 44.5 Å². The van der Waals surface area contributed by atoms with Gasteiger partial charge in [-0.05, 0) is 30.5 Å². The van der Waals surface area contributed by atoms with Crippen LogP contribution in [-0.2, 0) is 5.41 Å². The van der Waals surface area contributed by atoms with Crippen molar-refractivity contribution in [2.45, 2.75) is 43.9 Å². The zero-order chi connectivity index (χ0) is 14.2. The molecular formula is C15H19F2NO2. The van der Waals surface area contributed by atoms with E-state index in [0.717, 1.165) is 32.1 Å². The van der Waals surface area contributed by atoms with Gasteiger partial charge in [-0.15, -0.1) is 0 Å². The Hall–Kier alpha value is -1.36. The van der Waals surface area contributed by atoms with Crippen LogP contribution < -0.4 is 15.2 Å². The first-order valence-electron chi connectivity index (χ1n) is 7.08. The van der Waals surface area contributed by atoms with Gasteiger partial charge in [-0.3, -0.25) is 0 Å². The Morgan fingerprint density at radius 1 is 1.10 bits per heavy atom. The van der Waals surface area contributed by atoms with Crippen LogP contribution in [0.2, 0.25) is 0 Å². The Bertz CT molecular complexity index is 499. The fourth-order valence-corrected chi connectivity index (χ4v) is 3.41. The van der Waals surface area contributed by atoms with Crippen LogP contribution in [0.5, 0.6) is 11.5 Å². The Balaban J connectivity index is 2.10. The van der Waals surface area contributed by atoms with E-state index < -0.39 is 6.43 Å². The minimum absolute atomic E-state index is 0.0431. The van der Waals surface area contributed by atoms with E-state index in [2.05, 4.69) is 0 Å². The second-order valence-corrected chi connectivity index (χ2v) is 5.64. The summed E-state index contributed by atoms with van der Waals surface area (Å²) in [6, 6.07) is 3.15. The number of hydrogen-bond acceptors (Lipinski definition) is 3. The first-order valence-corrected chi connectivity index (χ1v) is 7.08. The molecule has 1 aliphatic heterocycles. The van der Waals surface area contributed by atoms with Crippen molar-refractivity contribution in [3.8, 4) is 11.5 Å². The maximum atomic E-state index is 13.4. The fourth-order valence-electron chi connectivity index (χ4n) is 3.41. The summed E-state index contributed by atoms with van der Waals surface area (Å²) in [5.41, 5.74) is 6.32. The maximum absolute atomic E-state index is 13.4. The monoisotopic (exact) mass is 283 g/mol. The molecule has 3 rings (SSSR count). The van der Waals surface area contributed by atoms with Crippen molar-refractivity contribution in [3.05, 3.63) is 23.3 Å². The highest BCUT2D eigenvalue weighted by atomic mass is 19.3. The van der Waals surface area contributed by atoms with E-state index in [1.807, 2.05) is 0 Å². The summed E-state index contributed by atoms with van der Waals surface area (Å²) in [4.78, 5) is 0. The molecule has 3 nitrogen and oxygen atoms in total. The van der Waals surface area contributed by atoms with Gasteiger partial charge in [0, 0.05) is 17.5 Å². The molecular weight excluding hydrogens is 264 g/mol. The van der Waals surface area contributed by atoms with Crippen LogP contribution in [0.25, 0.3) is 0 Å². The van der Waals surface area contributed by atoms with Crippen LogP contribution in [0.4, 0.5) is 8.78 Å². The van der Waals surface area contributed by atoms with Crippen molar-refractivity contribution in [2.75, 3.05) is 13.3 Å². The van der Waals surface area contributed by atoms with Crippen molar-refractivity contribution < 1.29 is 18.3 Å². The molecule has 0 bridgehead atoms.